The molecule has 0 aliphatic carbocycles. The molecule has 2 rings (SSSR count). The zero-order chi connectivity index (χ0) is 13.7. The molecule has 1 aromatic rings. The number of rotatable bonds is 6. The Morgan fingerprint density at radius 2 is 2.37 bits per heavy atom. The monoisotopic (exact) mass is 265 g/mol. The summed E-state index contributed by atoms with van der Waals surface area (Å²) in [6.45, 7) is 11.9. The van der Waals surface area contributed by atoms with Crippen LogP contribution in [0.1, 0.15) is 39.4 Å². The van der Waals surface area contributed by atoms with Gasteiger partial charge in [0, 0.05) is 19.1 Å². The average molecular weight is 265 g/mol. The summed E-state index contributed by atoms with van der Waals surface area (Å²) in [7, 11) is 0. The molecule has 5 heteroatoms. The van der Waals surface area contributed by atoms with Crippen molar-refractivity contribution in [2.75, 3.05) is 19.6 Å². The summed E-state index contributed by atoms with van der Waals surface area (Å²) in [6, 6.07) is 0.545. The van der Waals surface area contributed by atoms with E-state index in [0.717, 1.165) is 37.9 Å². The van der Waals surface area contributed by atoms with Gasteiger partial charge in [-0.1, -0.05) is 0 Å². The molecule has 1 aliphatic heterocycles. The molecule has 1 unspecified atom stereocenters. The molecule has 108 valence electrons. The summed E-state index contributed by atoms with van der Waals surface area (Å²) in [4.78, 5) is 6.92. The van der Waals surface area contributed by atoms with Crippen LogP contribution in [-0.2, 0) is 13.1 Å². The van der Waals surface area contributed by atoms with Gasteiger partial charge < -0.3 is 5.32 Å². The minimum atomic E-state index is 0.545. The molecule has 0 saturated carbocycles. The maximum Gasteiger partial charge on any atom is 0.141 e. The molecule has 0 aromatic carbocycles. The van der Waals surface area contributed by atoms with Gasteiger partial charge in [-0.3, -0.25) is 4.90 Å². The van der Waals surface area contributed by atoms with Crippen molar-refractivity contribution in [3.63, 3.8) is 0 Å². The predicted octanol–water partition coefficient (Wildman–Crippen LogP) is 1.51. The quantitative estimate of drug-likeness (QED) is 0.847. The molecule has 1 fully saturated rings. The number of piperidine rings is 1. The van der Waals surface area contributed by atoms with Gasteiger partial charge in [0.25, 0.3) is 0 Å². The maximum atomic E-state index is 4.40. The summed E-state index contributed by atoms with van der Waals surface area (Å²) in [5.41, 5.74) is 0. The van der Waals surface area contributed by atoms with Gasteiger partial charge in [0.2, 0.25) is 0 Å². The van der Waals surface area contributed by atoms with Gasteiger partial charge in [-0.05, 0) is 52.6 Å². The summed E-state index contributed by atoms with van der Waals surface area (Å²) in [5.74, 6) is 1.86. The van der Waals surface area contributed by atoms with Crippen LogP contribution in [-0.4, -0.2) is 45.3 Å². The largest absolute Gasteiger partial charge is 0.316 e. The SMILES string of the molecule is CCn1ncnc1CN(CC1CCCNC1)C(C)C. The molecule has 19 heavy (non-hydrogen) atoms. The van der Waals surface area contributed by atoms with Gasteiger partial charge in [-0.2, -0.15) is 5.10 Å². The topological polar surface area (TPSA) is 46.0 Å². The van der Waals surface area contributed by atoms with E-state index >= 15 is 0 Å². The van der Waals surface area contributed by atoms with Crippen LogP contribution in [0.15, 0.2) is 6.33 Å². The Bertz CT molecular complexity index is 368. The molecule has 0 bridgehead atoms. The van der Waals surface area contributed by atoms with E-state index < -0.39 is 0 Å². The Balaban J connectivity index is 1.95. The van der Waals surface area contributed by atoms with E-state index in [0.29, 0.717) is 6.04 Å². The Morgan fingerprint density at radius 3 is 3.00 bits per heavy atom. The maximum absolute atomic E-state index is 4.40. The van der Waals surface area contributed by atoms with Crippen LogP contribution in [0.5, 0.6) is 0 Å². The van der Waals surface area contributed by atoms with Gasteiger partial charge in [0.05, 0.1) is 6.54 Å². The molecule has 1 aromatic heterocycles. The Labute approximate surface area is 116 Å². The molecule has 0 spiro atoms. The van der Waals surface area contributed by atoms with Crippen LogP contribution in [0.2, 0.25) is 0 Å². The van der Waals surface area contributed by atoms with E-state index in [9.17, 15) is 0 Å². The van der Waals surface area contributed by atoms with Gasteiger partial charge in [-0.15, -0.1) is 0 Å². The third-order valence-corrected chi connectivity index (χ3v) is 3.96. The highest BCUT2D eigenvalue weighted by Crippen LogP contribution is 2.15. The van der Waals surface area contributed by atoms with Crippen LogP contribution >= 0.6 is 0 Å². The standard InChI is InChI=1S/C14H27N5/c1-4-19-14(16-11-17-19)10-18(12(2)3)9-13-6-5-7-15-8-13/h11-13,15H,4-10H2,1-3H3. The molecular formula is C14H27N5. The molecule has 1 saturated heterocycles. The molecule has 1 atom stereocenters. The van der Waals surface area contributed by atoms with Crippen LogP contribution in [0.3, 0.4) is 0 Å². The Kier molecular flexibility index (Phi) is 5.34. The van der Waals surface area contributed by atoms with Crippen LogP contribution in [0, 0.1) is 5.92 Å². The molecule has 1 aliphatic rings. The van der Waals surface area contributed by atoms with Crippen molar-refractivity contribution in [2.24, 2.45) is 5.92 Å². The minimum Gasteiger partial charge on any atom is -0.316 e. The van der Waals surface area contributed by atoms with Crippen LogP contribution in [0.25, 0.3) is 0 Å². The molecule has 0 amide bonds. The lowest BCUT2D eigenvalue weighted by molar-refractivity contribution is 0.158. The van der Waals surface area contributed by atoms with Crippen molar-refractivity contribution in [3.05, 3.63) is 12.2 Å². The normalized spacial score (nSPS) is 20.4. The van der Waals surface area contributed by atoms with Gasteiger partial charge in [0.15, 0.2) is 0 Å². The van der Waals surface area contributed by atoms with Crippen molar-refractivity contribution in [1.29, 1.82) is 0 Å². The minimum absolute atomic E-state index is 0.545. The highest BCUT2D eigenvalue weighted by molar-refractivity contribution is 4.86. The second-order valence-corrected chi connectivity index (χ2v) is 5.73. The number of hydrogen-bond donors (Lipinski definition) is 1. The van der Waals surface area contributed by atoms with E-state index in [-0.39, 0.29) is 0 Å². The smallest absolute Gasteiger partial charge is 0.141 e. The lowest BCUT2D eigenvalue weighted by atomic mass is 9.98. The third kappa shape index (κ3) is 4.01. The first-order chi connectivity index (χ1) is 9.20. The Morgan fingerprint density at radius 1 is 1.53 bits per heavy atom. The van der Waals surface area contributed by atoms with Gasteiger partial charge >= 0.3 is 0 Å². The molecule has 0 radical (unpaired) electrons. The molecule has 5 nitrogen and oxygen atoms in total. The lowest BCUT2D eigenvalue weighted by Crippen LogP contribution is -2.41. The van der Waals surface area contributed by atoms with E-state index in [4.69, 9.17) is 0 Å². The van der Waals surface area contributed by atoms with Crippen molar-refractivity contribution in [3.8, 4) is 0 Å². The van der Waals surface area contributed by atoms with E-state index in [1.54, 1.807) is 6.33 Å². The average Bonchev–Trinajstić information content (AvgIpc) is 2.86. The Hall–Kier alpha value is -0.940. The van der Waals surface area contributed by atoms with Crippen molar-refractivity contribution in [2.45, 2.75) is 52.7 Å². The highest BCUT2D eigenvalue weighted by Gasteiger charge is 2.20. The van der Waals surface area contributed by atoms with Gasteiger partial charge in [0.1, 0.15) is 12.2 Å². The number of nitrogens with zero attached hydrogens (tertiary/aromatic N) is 4. The number of aryl methyl sites for hydroxylation is 1. The summed E-state index contributed by atoms with van der Waals surface area (Å²) < 4.78 is 1.99. The number of aromatic nitrogens is 3. The molecule has 2 heterocycles. The first-order valence-corrected chi connectivity index (χ1v) is 7.52. The van der Waals surface area contributed by atoms with Gasteiger partial charge in [-0.25, -0.2) is 9.67 Å². The first-order valence-electron chi connectivity index (χ1n) is 7.52. The number of nitrogens with one attached hydrogen (secondary N) is 1. The zero-order valence-electron chi connectivity index (χ0n) is 12.5. The molecular weight excluding hydrogens is 238 g/mol. The first kappa shape index (κ1) is 14.5. The number of hydrogen-bond acceptors (Lipinski definition) is 4. The fourth-order valence-corrected chi connectivity index (χ4v) is 2.73. The summed E-state index contributed by atoms with van der Waals surface area (Å²) in [5, 5.41) is 7.76. The summed E-state index contributed by atoms with van der Waals surface area (Å²) >= 11 is 0. The fourth-order valence-electron chi connectivity index (χ4n) is 2.73. The lowest BCUT2D eigenvalue weighted by Gasteiger charge is -2.32. The van der Waals surface area contributed by atoms with E-state index in [1.165, 1.54) is 19.4 Å². The second-order valence-electron chi connectivity index (χ2n) is 5.73. The third-order valence-electron chi connectivity index (χ3n) is 3.96. The zero-order valence-corrected chi connectivity index (χ0v) is 12.5. The second kappa shape index (κ2) is 7.01. The van der Waals surface area contributed by atoms with Crippen molar-refractivity contribution in [1.82, 2.24) is 25.0 Å². The van der Waals surface area contributed by atoms with Crippen LogP contribution < -0.4 is 5.32 Å². The van der Waals surface area contributed by atoms with E-state index in [2.05, 4.69) is 41.1 Å². The van der Waals surface area contributed by atoms with Crippen LogP contribution in [0.4, 0.5) is 0 Å². The fraction of sp³-hybridized carbons (Fsp3) is 0.857. The predicted molar refractivity (Wildman–Crippen MR) is 76.8 cm³/mol. The molecule has 1 N–H and O–H groups in total. The van der Waals surface area contributed by atoms with Crippen molar-refractivity contribution < 1.29 is 0 Å². The van der Waals surface area contributed by atoms with Crippen molar-refractivity contribution >= 4 is 0 Å². The van der Waals surface area contributed by atoms with E-state index in [1.807, 2.05) is 4.68 Å². The highest BCUT2D eigenvalue weighted by atomic mass is 15.3. The summed E-state index contributed by atoms with van der Waals surface area (Å²) in [6.07, 6.45) is 4.32.